The van der Waals surface area contributed by atoms with Crippen LogP contribution in [0.2, 0.25) is 0 Å². The summed E-state index contributed by atoms with van der Waals surface area (Å²) in [5.74, 6) is 0. The maximum atomic E-state index is 6.07. The number of hydrogen-bond donors (Lipinski definition) is 0. The Morgan fingerprint density at radius 2 is 2.50 bits per heavy atom. The third-order valence-corrected chi connectivity index (χ3v) is 4.86. The Labute approximate surface area is 132 Å². The molecule has 122 valence electrons. The summed E-state index contributed by atoms with van der Waals surface area (Å²) in [7, 11) is 1.97. The van der Waals surface area contributed by atoms with Crippen LogP contribution in [0, 0.1) is 5.41 Å². The van der Waals surface area contributed by atoms with Crippen molar-refractivity contribution >= 4 is 0 Å². The first-order valence-electron chi connectivity index (χ1n) is 8.22. The molecule has 0 saturated carbocycles. The van der Waals surface area contributed by atoms with Crippen LogP contribution in [0.25, 0.3) is 0 Å². The third kappa shape index (κ3) is 3.42. The Morgan fingerprint density at radius 1 is 1.59 bits per heavy atom. The van der Waals surface area contributed by atoms with Crippen LogP contribution in [0.3, 0.4) is 0 Å². The molecule has 2 aliphatic rings. The lowest BCUT2D eigenvalue weighted by Crippen LogP contribution is -2.56. The van der Waals surface area contributed by atoms with Crippen LogP contribution in [0.5, 0.6) is 0 Å². The second kappa shape index (κ2) is 6.94. The summed E-state index contributed by atoms with van der Waals surface area (Å²) in [5.41, 5.74) is 1.42. The number of aryl methyl sites for hydroxylation is 1. The molecule has 0 amide bonds. The molecule has 0 radical (unpaired) electrons. The van der Waals surface area contributed by atoms with Crippen LogP contribution in [-0.2, 0) is 23.1 Å². The molecule has 3 rings (SSSR count). The highest BCUT2D eigenvalue weighted by Crippen LogP contribution is 2.40. The molecular formula is C17H27N3O2. The molecule has 0 bridgehead atoms. The van der Waals surface area contributed by atoms with Gasteiger partial charge in [0.15, 0.2) is 0 Å². The fourth-order valence-electron chi connectivity index (χ4n) is 3.89. The molecule has 22 heavy (non-hydrogen) atoms. The quantitative estimate of drug-likeness (QED) is 0.595. The molecule has 2 fully saturated rings. The van der Waals surface area contributed by atoms with E-state index in [-0.39, 0.29) is 5.41 Å². The Morgan fingerprint density at radius 3 is 3.27 bits per heavy atom. The van der Waals surface area contributed by atoms with E-state index in [1.54, 1.807) is 0 Å². The van der Waals surface area contributed by atoms with Gasteiger partial charge in [-0.3, -0.25) is 9.58 Å². The zero-order valence-corrected chi connectivity index (χ0v) is 13.5. The van der Waals surface area contributed by atoms with Gasteiger partial charge in [-0.1, -0.05) is 6.08 Å². The largest absolute Gasteiger partial charge is 0.377 e. The van der Waals surface area contributed by atoms with Crippen LogP contribution in [0.4, 0.5) is 0 Å². The summed E-state index contributed by atoms with van der Waals surface area (Å²) in [6, 6.07) is 0. The van der Waals surface area contributed by atoms with E-state index in [1.807, 2.05) is 24.0 Å². The fraction of sp³-hybridized carbons (Fsp3) is 0.706. The Balaban J connectivity index is 1.66. The first kappa shape index (κ1) is 15.7. The summed E-state index contributed by atoms with van der Waals surface area (Å²) in [5, 5.41) is 4.27. The lowest BCUT2D eigenvalue weighted by atomic mass is 9.73. The highest BCUT2D eigenvalue weighted by Gasteiger charge is 2.46. The number of ether oxygens (including phenoxy) is 2. The highest BCUT2D eigenvalue weighted by atomic mass is 16.5. The van der Waals surface area contributed by atoms with Crippen molar-refractivity contribution in [2.75, 3.05) is 32.9 Å². The fourth-order valence-corrected chi connectivity index (χ4v) is 3.89. The minimum atomic E-state index is 0.141. The molecule has 0 aromatic carbocycles. The maximum Gasteiger partial charge on any atom is 0.0677 e. The average Bonchev–Trinajstić information content (AvgIpc) is 2.92. The summed E-state index contributed by atoms with van der Waals surface area (Å²) in [6.45, 7) is 9.13. The van der Waals surface area contributed by atoms with E-state index >= 15 is 0 Å². The standard InChI is InChI=1S/C17H27N3O2/c1-3-8-21-14-17-6-4-9-22-16(17)5-7-20(13-17)12-15-10-18-19(2)11-15/h3,10-11,16H,1,4-9,12-14H2,2H3/t16-,17-/m1/s1. The second-order valence-electron chi connectivity index (χ2n) is 6.65. The van der Waals surface area contributed by atoms with Crippen LogP contribution in [-0.4, -0.2) is 53.7 Å². The van der Waals surface area contributed by atoms with Gasteiger partial charge in [-0.25, -0.2) is 0 Å². The smallest absolute Gasteiger partial charge is 0.0677 e. The number of hydrogen-bond acceptors (Lipinski definition) is 4. The van der Waals surface area contributed by atoms with Gasteiger partial charge in [-0.05, 0) is 19.3 Å². The van der Waals surface area contributed by atoms with Crippen LogP contribution in [0.1, 0.15) is 24.8 Å². The van der Waals surface area contributed by atoms with E-state index in [0.717, 1.165) is 45.7 Å². The van der Waals surface area contributed by atoms with E-state index in [9.17, 15) is 0 Å². The molecule has 3 heterocycles. The molecular weight excluding hydrogens is 278 g/mol. The Hall–Kier alpha value is -1.17. The number of rotatable bonds is 6. The number of piperidine rings is 1. The number of aromatic nitrogens is 2. The topological polar surface area (TPSA) is 39.5 Å². The lowest BCUT2D eigenvalue weighted by Gasteiger charge is -2.50. The molecule has 0 aliphatic carbocycles. The van der Waals surface area contributed by atoms with E-state index in [0.29, 0.717) is 12.7 Å². The van der Waals surface area contributed by atoms with Crippen molar-refractivity contribution in [1.82, 2.24) is 14.7 Å². The first-order chi connectivity index (χ1) is 10.7. The average molecular weight is 305 g/mol. The van der Waals surface area contributed by atoms with Gasteiger partial charge < -0.3 is 9.47 Å². The van der Waals surface area contributed by atoms with Gasteiger partial charge in [-0.2, -0.15) is 5.10 Å². The van der Waals surface area contributed by atoms with Gasteiger partial charge in [0.2, 0.25) is 0 Å². The van der Waals surface area contributed by atoms with Crippen molar-refractivity contribution in [3.63, 3.8) is 0 Å². The lowest BCUT2D eigenvalue weighted by molar-refractivity contribution is -0.152. The highest BCUT2D eigenvalue weighted by molar-refractivity contribution is 5.05. The van der Waals surface area contributed by atoms with E-state index in [2.05, 4.69) is 22.8 Å². The Kier molecular flexibility index (Phi) is 4.96. The van der Waals surface area contributed by atoms with Crippen LogP contribution in [0.15, 0.2) is 25.0 Å². The molecule has 1 aromatic rings. The zero-order valence-electron chi connectivity index (χ0n) is 13.5. The van der Waals surface area contributed by atoms with Gasteiger partial charge in [0, 0.05) is 50.5 Å². The van der Waals surface area contributed by atoms with Crippen molar-refractivity contribution in [3.05, 3.63) is 30.6 Å². The van der Waals surface area contributed by atoms with Crippen molar-refractivity contribution in [3.8, 4) is 0 Å². The van der Waals surface area contributed by atoms with E-state index in [4.69, 9.17) is 9.47 Å². The number of fused-ring (bicyclic) bond motifs is 1. The normalized spacial score (nSPS) is 29.2. The number of likely N-dealkylation sites (tertiary alicyclic amines) is 1. The van der Waals surface area contributed by atoms with Crippen molar-refractivity contribution in [2.24, 2.45) is 12.5 Å². The SMILES string of the molecule is C=CCOC[C@]12CCCO[C@@H]1CCN(Cc1cnn(C)c1)C2. The molecule has 0 spiro atoms. The molecule has 2 atom stereocenters. The molecule has 5 heteroatoms. The van der Waals surface area contributed by atoms with Gasteiger partial charge in [-0.15, -0.1) is 6.58 Å². The summed E-state index contributed by atoms with van der Waals surface area (Å²) in [4.78, 5) is 2.53. The maximum absolute atomic E-state index is 6.07. The predicted molar refractivity (Wildman–Crippen MR) is 85.5 cm³/mol. The molecule has 0 N–H and O–H groups in total. The minimum absolute atomic E-state index is 0.141. The monoisotopic (exact) mass is 305 g/mol. The number of nitrogens with zero attached hydrogens (tertiary/aromatic N) is 3. The second-order valence-corrected chi connectivity index (χ2v) is 6.65. The Bertz CT molecular complexity index is 502. The van der Waals surface area contributed by atoms with Gasteiger partial charge >= 0.3 is 0 Å². The zero-order chi connectivity index (χ0) is 15.4. The molecule has 1 aromatic heterocycles. The molecule has 0 unspecified atom stereocenters. The molecule has 2 aliphatic heterocycles. The predicted octanol–water partition coefficient (Wildman–Crippen LogP) is 1.99. The van der Waals surface area contributed by atoms with E-state index in [1.165, 1.54) is 12.0 Å². The van der Waals surface area contributed by atoms with Crippen molar-refractivity contribution in [1.29, 1.82) is 0 Å². The van der Waals surface area contributed by atoms with Gasteiger partial charge in [0.05, 0.1) is 25.5 Å². The molecule has 2 saturated heterocycles. The minimum Gasteiger partial charge on any atom is -0.377 e. The van der Waals surface area contributed by atoms with Gasteiger partial charge in [0.25, 0.3) is 0 Å². The third-order valence-electron chi connectivity index (χ3n) is 4.86. The van der Waals surface area contributed by atoms with E-state index < -0.39 is 0 Å². The summed E-state index contributed by atoms with van der Waals surface area (Å²) < 4.78 is 13.8. The van der Waals surface area contributed by atoms with Crippen LogP contribution < -0.4 is 0 Å². The van der Waals surface area contributed by atoms with Crippen LogP contribution >= 0.6 is 0 Å². The van der Waals surface area contributed by atoms with Gasteiger partial charge in [0.1, 0.15) is 0 Å². The van der Waals surface area contributed by atoms with Crippen molar-refractivity contribution < 1.29 is 9.47 Å². The summed E-state index contributed by atoms with van der Waals surface area (Å²) >= 11 is 0. The molecule has 5 nitrogen and oxygen atoms in total. The first-order valence-corrected chi connectivity index (χ1v) is 8.22. The van der Waals surface area contributed by atoms with Crippen molar-refractivity contribution in [2.45, 2.75) is 31.9 Å². The summed E-state index contributed by atoms with van der Waals surface area (Å²) in [6.07, 6.45) is 9.65.